The first-order valence-corrected chi connectivity index (χ1v) is 11.0. The number of carbonyl (C=O) groups excluding carboxylic acids is 1. The molecule has 162 valence electrons. The van der Waals surface area contributed by atoms with Crippen molar-refractivity contribution in [2.24, 2.45) is 0 Å². The lowest BCUT2D eigenvalue weighted by molar-refractivity contribution is 0.0949. The lowest BCUT2D eigenvalue weighted by Crippen LogP contribution is -2.32. The minimum absolute atomic E-state index is 0.125. The zero-order valence-electron chi connectivity index (χ0n) is 17.6. The fourth-order valence-corrected chi connectivity index (χ4v) is 4.44. The van der Waals surface area contributed by atoms with Crippen molar-refractivity contribution < 1.29 is 14.3 Å². The summed E-state index contributed by atoms with van der Waals surface area (Å²) in [6.07, 6.45) is 0.892. The van der Waals surface area contributed by atoms with Crippen molar-refractivity contribution in [1.29, 1.82) is 0 Å². The normalized spacial score (nSPS) is 13.5. The summed E-state index contributed by atoms with van der Waals surface area (Å²) >= 11 is 1.57. The van der Waals surface area contributed by atoms with Crippen LogP contribution in [0, 0.1) is 0 Å². The molecule has 1 aliphatic heterocycles. The fourth-order valence-electron chi connectivity index (χ4n) is 3.77. The molecule has 0 unspecified atom stereocenters. The van der Waals surface area contributed by atoms with Crippen LogP contribution >= 0.6 is 11.3 Å². The van der Waals surface area contributed by atoms with Crippen molar-refractivity contribution in [2.75, 3.05) is 20.8 Å². The summed E-state index contributed by atoms with van der Waals surface area (Å²) in [5, 5.41) is 6.71. The third-order valence-corrected chi connectivity index (χ3v) is 6.17. The van der Waals surface area contributed by atoms with Gasteiger partial charge in [-0.3, -0.25) is 14.5 Å². The number of H-pyrrole nitrogens is 1. The van der Waals surface area contributed by atoms with Gasteiger partial charge in [-0.05, 0) is 64.2 Å². The van der Waals surface area contributed by atoms with E-state index in [0.717, 1.165) is 36.5 Å². The van der Waals surface area contributed by atoms with Gasteiger partial charge in [-0.1, -0.05) is 0 Å². The van der Waals surface area contributed by atoms with Crippen LogP contribution in [-0.2, 0) is 26.1 Å². The molecule has 8 heteroatoms. The second-order valence-corrected chi connectivity index (χ2v) is 8.26. The molecule has 7 nitrogen and oxygen atoms in total. The number of hydrogen-bond donors (Lipinski definition) is 2. The van der Waals surface area contributed by atoms with Crippen LogP contribution in [0.15, 0.2) is 45.9 Å². The Hall–Kier alpha value is -3.10. The Balaban J connectivity index is 1.41. The fraction of sp³-hybridized carbons (Fsp3) is 0.304. The summed E-state index contributed by atoms with van der Waals surface area (Å²) in [5.74, 6) is 1.09. The number of thiophene rings is 1. The topological polar surface area (TPSA) is 83.7 Å². The van der Waals surface area contributed by atoms with Crippen LogP contribution in [0.3, 0.4) is 0 Å². The molecule has 3 heterocycles. The molecule has 0 aliphatic carbocycles. The van der Waals surface area contributed by atoms with Crippen molar-refractivity contribution in [1.82, 2.24) is 15.2 Å². The first-order chi connectivity index (χ1) is 15.1. The SMILES string of the molecule is COc1cc2c(cc1OC)CN(Cc1ccc(C(=O)NCc3ccsc3)c(=O)[nH]1)CC2. The molecule has 0 saturated heterocycles. The molecule has 1 aliphatic rings. The minimum atomic E-state index is -0.371. The molecule has 1 aromatic carbocycles. The van der Waals surface area contributed by atoms with E-state index in [0.29, 0.717) is 18.8 Å². The average Bonchev–Trinajstić information content (AvgIpc) is 3.30. The number of benzene rings is 1. The van der Waals surface area contributed by atoms with Gasteiger partial charge in [-0.15, -0.1) is 0 Å². The number of nitrogens with one attached hydrogen (secondary N) is 2. The number of nitrogens with zero attached hydrogens (tertiary/aromatic N) is 1. The number of fused-ring (bicyclic) bond motifs is 1. The highest BCUT2D eigenvalue weighted by atomic mass is 32.1. The first kappa shape index (κ1) is 21.1. The maximum Gasteiger partial charge on any atom is 0.261 e. The molecule has 0 bridgehead atoms. The van der Waals surface area contributed by atoms with Crippen LogP contribution in [0.25, 0.3) is 0 Å². The van der Waals surface area contributed by atoms with E-state index in [2.05, 4.69) is 15.2 Å². The molecule has 0 radical (unpaired) electrons. The third-order valence-electron chi connectivity index (χ3n) is 5.44. The van der Waals surface area contributed by atoms with Gasteiger partial charge in [0.1, 0.15) is 5.56 Å². The maximum atomic E-state index is 12.5. The Labute approximate surface area is 184 Å². The zero-order valence-corrected chi connectivity index (χ0v) is 18.4. The van der Waals surface area contributed by atoms with Crippen LogP contribution in [0.5, 0.6) is 11.5 Å². The number of carbonyl (C=O) groups is 1. The first-order valence-electron chi connectivity index (χ1n) is 10.0. The summed E-state index contributed by atoms with van der Waals surface area (Å²) in [4.78, 5) is 29.9. The van der Waals surface area contributed by atoms with Crippen LogP contribution < -0.4 is 20.3 Å². The van der Waals surface area contributed by atoms with E-state index in [1.54, 1.807) is 31.6 Å². The van der Waals surface area contributed by atoms with E-state index in [9.17, 15) is 9.59 Å². The Morgan fingerprint density at radius 1 is 1.16 bits per heavy atom. The number of aromatic nitrogens is 1. The molecule has 2 aromatic heterocycles. The molecule has 1 amide bonds. The van der Waals surface area contributed by atoms with E-state index < -0.39 is 0 Å². The number of hydrogen-bond acceptors (Lipinski definition) is 6. The van der Waals surface area contributed by atoms with Crippen molar-refractivity contribution in [3.05, 3.63) is 79.4 Å². The van der Waals surface area contributed by atoms with E-state index >= 15 is 0 Å². The monoisotopic (exact) mass is 439 g/mol. The summed E-state index contributed by atoms with van der Waals surface area (Å²) < 4.78 is 10.8. The van der Waals surface area contributed by atoms with Crippen molar-refractivity contribution in [3.63, 3.8) is 0 Å². The van der Waals surface area contributed by atoms with E-state index in [1.165, 1.54) is 11.1 Å². The minimum Gasteiger partial charge on any atom is -0.493 e. The number of pyridine rings is 1. The van der Waals surface area contributed by atoms with Gasteiger partial charge in [-0.25, -0.2) is 0 Å². The van der Waals surface area contributed by atoms with Crippen LogP contribution in [0.2, 0.25) is 0 Å². The number of ether oxygens (including phenoxy) is 2. The number of rotatable bonds is 7. The highest BCUT2D eigenvalue weighted by Gasteiger charge is 2.20. The molecule has 4 rings (SSSR count). The predicted octanol–water partition coefficient (Wildman–Crippen LogP) is 2.94. The highest BCUT2D eigenvalue weighted by molar-refractivity contribution is 7.07. The maximum absolute atomic E-state index is 12.5. The van der Waals surface area contributed by atoms with Crippen molar-refractivity contribution in [3.8, 4) is 11.5 Å². The zero-order chi connectivity index (χ0) is 21.8. The molecule has 0 saturated carbocycles. The molecule has 0 fully saturated rings. The standard InChI is InChI=1S/C23H25N3O4S/c1-29-20-9-16-5-7-26(12-17(16)10-21(20)30-2)13-18-3-4-19(23(28)25-18)22(27)24-11-15-6-8-31-14-15/h3-4,6,8-10,14H,5,7,11-13H2,1-2H3,(H,24,27)(H,25,28). The highest BCUT2D eigenvalue weighted by Crippen LogP contribution is 2.33. The summed E-state index contributed by atoms with van der Waals surface area (Å²) in [6.45, 7) is 2.62. The van der Waals surface area contributed by atoms with Gasteiger partial charge >= 0.3 is 0 Å². The molecular weight excluding hydrogens is 414 g/mol. The molecule has 0 spiro atoms. The van der Waals surface area contributed by atoms with Gasteiger partial charge in [0.05, 0.1) is 14.2 Å². The lowest BCUT2D eigenvalue weighted by Gasteiger charge is -2.29. The van der Waals surface area contributed by atoms with Gasteiger partial charge in [-0.2, -0.15) is 11.3 Å². The molecule has 31 heavy (non-hydrogen) atoms. The van der Waals surface area contributed by atoms with Gasteiger partial charge in [0.2, 0.25) is 0 Å². The number of amides is 1. The number of methoxy groups -OCH3 is 2. The van der Waals surface area contributed by atoms with Crippen LogP contribution in [0.4, 0.5) is 0 Å². The predicted molar refractivity (Wildman–Crippen MR) is 120 cm³/mol. The summed E-state index contributed by atoms with van der Waals surface area (Å²) in [6, 6.07) is 9.41. The van der Waals surface area contributed by atoms with E-state index in [4.69, 9.17) is 9.47 Å². The molecular formula is C23H25N3O4S. The Morgan fingerprint density at radius 3 is 2.61 bits per heavy atom. The van der Waals surface area contributed by atoms with Crippen molar-refractivity contribution >= 4 is 17.2 Å². The second kappa shape index (κ2) is 9.36. The Morgan fingerprint density at radius 2 is 1.94 bits per heavy atom. The summed E-state index contributed by atoms with van der Waals surface area (Å²) in [5.41, 5.74) is 3.99. The lowest BCUT2D eigenvalue weighted by atomic mass is 9.98. The van der Waals surface area contributed by atoms with Gasteiger partial charge in [0.15, 0.2) is 11.5 Å². The smallest absolute Gasteiger partial charge is 0.261 e. The number of aromatic amines is 1. The molecule has 2 N–H and O–H groups in total. The van der Waals surface area contributed by atoms with E-state index in [-0.39, 0.29) is 17.0 Å². The van der Waals surface area contributed by atoms with Gasteiger partial charge in [0, 0.05) is 31.9 Å². The average molecular weight is 440 g/mol. The largest absolute Gasteiger partial charge is 0.493 e. The Kier molecular flexibility index (Phi) is 6.39. The van der Waals surface area contributed by atoms with Gasteiger partial charge < -0.3 is 19.8 Å². The van der Waals surface area contributed by atoms with Gasteiger partial charge in [0.25, 0.3) is 11.5 Å². The van der Waals surface area contributed by atoms with E-state index in [1.807, 2.05) is 35.0 Å². The van der Waals surface area contributed by atoms with Crippen LogP contribution in [-0.4, -0.2) is 36.6 Å². The summed E-state index contributed by atoms with van der Waals surface area (Å²) in [7, 11) is 3.27. The quantitative estimate of drug-likeness (QED) is 0.591. The third kappa shape index (κ3) is 4.81. The second-order valence-electron chi connectivity index (χ2n) is 7.48. The molecule has 3 aromatic rings. The van der Waals surface area contributed by atoms with Crippen molar-refractivity contribution in [2.45, 2.75) is 26.1 Å². The molecule has 0 atom stereocenters. The Bertz CT molecular complexity index is 1120. The van der Waals surface area contributed by atoms with Crippen LogP contribution in [0.1, 0.15) is 32.7 Å².